The molecule has 1 aromatic carbocycles. The molecule has 0 aliphatic rings. The third-order valence-corrected chi connectivity index (χ3v) is 3.70. The predicted octanol–water partition coefficient (Wildman–Crippen LogP) is 0.0396. The Morgan fingerprint density at radius 1 is 1.40 bits per heavy atom. The van der Waals surface area contributed by atoms with Crippen molar-refractivity contribution in [3.63, 3.8) is 0 Å². The van der Waals surface area contributed by atoms with Gasteiger partial charge < -0.3 is 10.5 Å². The number of anilines is 1. The SMILES string of the molecule is COC(=O)c1ncn(-c2cccc(S(C)(=O)=O)c2N)n1. The second kappa shape index (κ2) is 4.93. The van der Waals surface area contributed by atoms with Gasteiger partial charge in [0.25, 0.3) is 5.82 Å². The second-order valence-corrected chi connectivity index (χ2v) is 5.95. The van der Waals surface area contributed by atoms with E-state index in [0.29, 0.717) is 5.69 Å². The molecule has 0 radical (unpaired) electrons. The van der Waals surface area contributed by atoms with Gasteiger partial charge in [-0.05, 0) is 12.1 Å². The highest BCUT2D eigenvalue weighted by atomic mass is 32.2. The van der Waals surface area contributed by atoms with Crippen molar-refractivity contribution in [2.45, 2.75) is 4.90 Å². The number of hydrogen-bond acceptors (Lipinski definition) is 7. The van der Waals surface area contributed by atoms with Gasteiger partial charge in [0, 0.05) is 6.26 Å². The molecule has 0 unspecified atom stereocenters. The van der Waals surface area contributed by atoms with Crippen molar-refractivity contribution in [3.8, 4) is 5.69 Å². The molecule has 0 bridgehead atoms. The normalized spacial score (nSPS) is 11.3. The van der Waals surface area contributed by atoms with Crippen LogP contribution >= 0.6 is 0 Å². The van der Waals surface area contributed by atoms with Crippen LogP contribution in [0.25, 0.3) is 5.69 Å². The molecule has 0 atom stereocenters. The van der Waals surface area contributed by atoms with Crippen LogP contribution in [0.4, 0.5) is 5.69 Å². The first-order valence-corrected chi connectivity index (χ1v) is 7.32. The Morgan fingerprint density at radius 2 is 2.10 bits per heavy atom. The summed E-state index contributed by atoms with van der Waals surface area (Å²) in [4.78, 5) is 15.0. The third-order valence-electron chi connectivity index (χ3n) is 2.55. The Morgan fingerprint density at radius 3 is 2.70 bits per heavy atom. The molecule has 0 aliphatic heterocycles. The van der Waals surface area contributed by atoms with Gasteiger partial charge in [0.05, 0.1) is 23.4 Å². The zero-order chi connectivity index (χ0) is 14.9. The van der Waals surface area contributed by atoms with E-state index in [2.05, 4.69) is 14.8 Å². The second-order valence-electron chi connectivity index (χ2n) is 3.97. The number of aromatic nitrogens is 3. The van der Waals surface area contributed by atoms with E-state index in [1.54, 1.807) is 6.07 Å². The third kappa shape index (κ3) is 2.48. The highest BCUT2D eigenvalue weighted by Gasteiger charge is 2.17. The van der Waals surface area contributed by atoms with E-state index < -0.39 is 15.8 Å². The van der Waals surface area contributed by atoms with Crippen molar-refractivity contribution < 1.29 is 17.9 Å². The number of carbonyl (C=O) groups excluding carboxylic acids is 1. The van der Waals surface area contributed by atoms with E-state index in [0.717, 1.165) is 6.26 Å². The average molecular weight is 296 g/mol. The number of carbonyl (C=O) groups is 1. The molecule has 2 rings (SSSR count). The number of rotatable bonds is 3. The smallest absolute Gasteiger partial charge is 0.377 e. The van der Waals surface area contributed by atoms with E-state index in [4.69, 9.17) is 5.73 Å². The summed E-state index contributed by atoms with van der Waals surface area (Å²) in [5.41, 5.74) is 6.19. The molecule has 1 aromatic heterocycles. The minimum absolute atomic E-state index is 0.00915. The lowest BCUT2D eigenvalue weighted by Crippen LogP contribution is -2.09. The van der Waals surface area contributed by atoms with Gasteiger partial charge in [0.2, 0.25) is 0 Å². The molecule has 2 aromatic rings. The average Bonchev–Trinajstić information content (AvgIpc) is 2.86. The molecule has 0 aliphatic carbocycles. The molecule has 106 valence electrons. The van der Waals surface area contributed by atoms with E-state index in [9.17, 15) is 13.2 Å². The van der Waals surface area contributed by atoms with Crippen LogP contribution in [0.15, 0.2) is 29.4 Å². The van der Waals surface area contributed by atoms with Crippen molar-refractivity contribution in [3.05, 3.63) is 30.4 Å². The number of methoxy groups -OCH3 is 1. The maximum Gasteiger partial charge on any atom is 0.377 e. The number of nitrogens with two attached hydrogens (primary N) is 1. The molecule has 0 fully saturated rings. The van der Waals surface area contributed by atoms with Crippen LogP contribution < -0.4 is 5.73 Å². The van der Waals surface area contributed by atoms with Crippen molar-refractivity contribution in [2.75, 3.05) is 19.1 Å². The van der Waals surface area contributed by atoms with Crippen molar-refractivity contribution in [1.82, 2.24) is 14.8 Å². The van der Waals surface area contributed by atoms with Crippen molar-refractivity contribution in [2.24, 2.45) is 0 Å². The number of nitrogen functional groups attached to an aromatic ring is 1. The van der Waals surface area contributed by atoms with Crippen LogP contribution in [-0.4, -0.2) is 42.5 Å². The minimum atomic E-state index is -3.46. The molecular weight excluding hydrogens is 284 g/mol. The molecule has 2 N–H and O–H groups in total. The predicted molar refractivity (Wildman–Crippen MR) is 70.2 cm³/mol. The quantitative estimate of drug-likeness (QED) is 0.627. The molecule has 9 heteroatoms. The maximum atomic E-state index is 11.6. The summed E-state index contributed by atoms with van der Waals surface area (Å²) in [6, 6.07) is 4.49. The summed E-state index contributed by atoms with van der Waals surface area (Å²) in [5.74, 6) is -0.835. The molecule has 0 amide bonds. The van der Waals surface area contributed by atoms with E-state index in [-0.39, 0.29) is 16.4 Å². The van der Waals surface area contributed by atoms with Crippen LogP contribution in [0.1, 0.15) is 10.6 Å². The van der Waals surface area contributed by atoms with E-state index in [1.807, 2.05) is 0 Å². The van der Waals surface area contributed by atoms with Crippen LogP contribution in [0, 0.1) is 0 Å². The van der Waals surface area contributed by atoms with Gasteiger partial charge in [0.15, 0.2) is 9.84 Å². The molecule has 0 saturated carbocycles. The fourth-order valence-electron chi connectivity index (χ4n) is 1.62. The van der Waals surface area contributed by atoms with Crippen LogP contribution in [0.5, 0.6) is 0 Å². The molecule has 0 saturated heterocycles. The summed E-state index contributed by atoms with van der Waals surface area (Å²) in [7, 11) is -2.25. The molecule has 20 heavy (non-hydrogen) atoms. The number of nitrogens with zero attached hydrogens (tertiary/aromatic N) is 3. The van der Waals surface area contributed by atoms with Gasteiger partial charge in [0.1, 0.15) is 6.33 Å². The summed E-state index contributed by atoms with van der Waals surface area (Å²) >= 11 is 0. The molecular formula is C11H12N4O4S. The van der Waals surface area contributed by atoms with E-state index >= 15 is 0 Å². The summed E-state index contributed by atoms with van der Waals surface area (Å²) in [6.07, 6.45) is 2.31. The highest BCUT2D eigenvalue weighted by molar-refractivity contribution is 7.90. The maximum absolute atomic E-state index is 11.6. The summed E-state index contributed by atoms with van der Waals surface area (Å²) in [5, 5.41) is 3.89. The van der Waals surface area contributed by atoms with Crippen molar-refractivity contribution in [1.29, 1.82) is 0 Å². The number of ether oxygens (including phenoxy) is 1. The zero-order valence-corrected chi connectivity index (χ0v) is 11.6. The number of benzene rings is 1. The fourth-order valence-corrected chi connectivity index (χ4v) is 2.45. The van der Waals surface area contributed by atoms with Crippen LogP contribution in [0.2, 0.25) is 0 Å². The van der Waals surface area contributed by atoms with E-state index in [1.165, 1.54) is 30.3 Å². The fraction of sp³-hybridized carbons (Fsp3) is 0.182. The minimum Gasteiger partial charge on any atom is -0.463 e. The Labute approximate surface area is 115 Å². The van der Waals surface area contributed by atoms with Crippen LogP contribution in [-0.2, 0) is 14.6 Å². The zero-order valence-electron chi connectivity index (χ0n) is 10.8. The molecule has 1 heterocycles. The first-order valence-electron chi connectivity index (χ1n) is 5.43. The first-order chi connectivity index (χ1) is 9.34. The van der Waals surface area contributed by atoms with Crippen molar-refractivity contribution >= 4 is 21.5 Å². The monoisotopic (exact) mass is 296 g/mol. The van der Waals surface area contributed by atoms with Gasteiger partial charge in [-0.3, -0.25) is 0 Å². The summed E-state index contributed by atoms with van der Waals surface area (Å²) < 4.78 is 28.9. The largest absolute Gasteiger partial charge is 0.463 e. The number of esters is 1. The Hall–Kier alpha value is -2.42. The Bertz CT molecular complexity index is 766. The standard InChI is InChI=1S/C11H12N4O4S/c1-19-11(16)10-13-6-15(14-10)7-4-3-5-8(9(7)12)20(2,17)18/h3-6H,12H2,1-2H3. The van der Waals surface area contributed by atoms with Gasteiger partial charge in [-0.1, -0.05) is 6.07 Å². The van der Waals surface area contributed by atoms with Gasteiger partial charge in [-0.2, -0.15) is 0 Å². The lowest BCUT2D eigenvalue weighted by Gasteiger charge is -2.08. The van der Waals surface area contributed by atoms with Crippen LogP contribution in [0.3, 0.4) is 0 Å². The molecule has 0 spiro atoms. The number of hydrogen-bond donors (Lipinski definition) is 1. The van der Waals surface area contributed by atoms with Gasteiger partial charge in [-0.25, -0.2) is 22.9 Å². The lowest BCUT2D eigenvalue weighted by atomic mass is 10.3. The Kier molecular flexibility index (Phi) is 3.45. The topological polar surface area (TPSA) is 117 Å². The van der Waals surface area contributed by atoms with Gasteiger partial charge in [-0.15, -0.1) is 5.10 Å². The number of sulfone groups is 1. The Balaban J connectivity index is 2.54. The molecule has 8 nitrogen and oxygen atoms in total. The first kappa shape index (κ1) is 14.0. The summed E-state index contributed by atoms with van der Waals surface area (Å²) in [6.45, 7) is 0. The number of para-hydroxylation sites is 1. The lowest BCUT2D eigenvalue weighted by molar-refractivity contribution is 0.0587. The highest BCUT2D eigenvalue weighted by Crippen LogP contribution is 2.24. The van der Waals surface area contributed by atoms with Gasteiger partial charge >= 0.3 is 5.97 Å².